The van der Waals surface area contributed by atoms with E-state index in [0.29, 0.717) is 13.0 Å². The van der Waals surface area contributed by atoms with Gasteiger partial charge in [0.15, 0.2) is 0 Å². The van der Waals surface area contributed by atoms with Gasteiger partial charge in [0.1, 0.15) is 12.4 Å². The summed E-state index contributed by atoms with van der Waals surface area (Å²) in [6.07, 6.45) is 3.58. The molecule has 0 spiro atoms. The van der Waals surface area contributed by atoms with E-state index in [1.807, 2.05) is 48.5 Å². The van der Waals surface area contributed by atoms with Gasteiger partial charge >= 0.3 is 0 Å². The van der Waals surface area contributed by atoms with Crippen LogP contribution >= 0.6 is 0 Å². The molecular weight excluding hydrogens is 326 g/mol. The van der Waals surface area contributed by atoms with Gasteiger partial charge in [0.2, 0.25) is 0 Å². The minimum Gasteiger partial charge on any atom is -0.492 e. The second kappa shape index (κ2) is 7.77. The van der Waals surface area contributed by atoms with E-state index in [0.717, 1.165) is 47.6 Å². The Morgan fingerprint density at radius 1 is 1.04 bits per heavy atom. The Balaban J connectivity index is 1.50. The Morgan fingerprint density at radius 2 is 1.92 bits per heavy atom. The van der Waals surface area contributed by atoms with Gasteiger partial charge < -0.3 is 14.3 Å². The van der Waals surface area contributed by atoms with Crippen molar-refractivity contribution in [3.63, 3.8) is 0 Å². The van der Waals surface area contributed by atoms with Crippen molar-refractivity contribution < 1.29 is 14.3 Å². The predicted molar refractivity (Wildman–Crippen MR) is 99.9 cm³/mol. The fourth-order valence-corrected chi connectivity index (χ4v) is 3.41. The van der Waals surface area contributed by atoms with Gasteiger partial charge in [0, 0.05) is 37.2 Å². The van der Waals surface area contributed by atoms with Crippen LogP contribution in [0, 0.1) is 0 Å². The summed E-state index contributed by atoms with van der Waals surface area (Å²) in [6, 6.07) is 18.1. The highest BCUT2D eigenvalue weighted by Crippen LogP contribution is 2.28. The van der Waals surface area contributed by atoms with E-state index >= 15 is 0 Å². The summed E-state index contributed by atoms with van der Waals surface area (Å²) in [5.41, 5.74) is 4.35. The number of aliphatic hydroxyl groups is 1. The zero-order chi connectivity index (χ0) is 17.8. The van der Waals surface area contributed by atoms with Crippen LogP contribution in [0.5, 0.6) is 5.75 Å². The van der Waals surface area contributed by atoms with Crippen LogP contribution in [0.1, 0.15) is 28.4 Å². The second-order valence-electron chi connectivity index (χ2n) is 6.76. The summed E-state index contributed by atoms with van der Waals surface area (Å²) < 4.78 is 11.1. The van der Waals surface area contributed by atoms with Crippen LogP contribution < -0.4 is 4.74 Å². The van der Waals surface area contributed by atoms with Crippen LogP contribution in [0.4, 0.5) is 0 Å². The van der Waals surface area contributed by atoms with Gasteiger partial charge in [0.05, 0.1) is 18.6 Å². The maximum atomic E-state index is 10.7. The molecule has 0 saturated heterocycles. The van der Waals surface area contributed by atoms with Crippen LogP contribution in [0.15, 0.2) is 71.5 Å². The third-order valence-electron chi connectivity index (χ3n) is 4.79. The Labute approximate surface area is 153 Å². The first-order valence-electron chi connectivity index (χ1n) is 8.99. The van der Waals surface area contributed by atoms with E-state index in [1.54, 1.807) is 12.5 Å². The third-order valence-corrected chi connectivity index (χ3v) is 4.79. The number of hydrogen-bond donors (Lipinski definition) is 1. The molecule has 0 bridgehead atoms. The van der Waals surface area contributed by atoms with E-state index in [1.165, 1.54) is 0 Å². The molecule has 1 aromatic heterocycles. The Morgan fingerprint density at radius 3 is 2.73 bits per heavy atom. The second-order valence-corrected chi connectivity index (χ2v) is 6.76. The average Bonchev–Trinajstić information content (AvgIpc) is 3.08. The van der Waals surface area contributed by atoms with Gasteiger partial charge in [-0.1, -0.05) is 36.4 Å². The first-order chi connectivity index (χ1) is 12.8. The standard InChI is InChI=1S/C22H23NO3/c24-21(12-17-4-2-1-3-5-17)19-6-7-22-20(13-19)15-23(9-11-26-22)14-18-8-10-25-16-18/h1-8,10,13,16,21,24H,9,11-12,14-15H2. The van der Waals surface area contributed by atoms with Crippen molar-refractivity contribution in [1.82, 2.24) is 4.90 Å². The first-order valence-corrected chi connectivity index (χ1v) is 8.99. The molecule has 2 aromatic carbocycles. The minimum absolute atomic E-state index is 0.520. The molecule has 0 radical (unpaired) electrons. The lowest BCUT2D eigenvalue weighted by Gasteiger charge is -2.19. The fraction of sp³-hybridized carbons (Fsp3) is 0.273. The number of fused-ring (bicyclic) bond motifs is 1. The van der Waals surface area contributed by atoms with Gasteiger partial charge in [0.25, 0.3) is 0 Å². The SMILES string of the molecule is OC(Cc1ccccc1)c1ccc2c(c1)CN(Cc1ccoc1)CCO2. The molecule has 0 aliphatic carbocycles. The van der Waals surface area contributed by atoms with Gasteiger partial charge in [-0.25, -0.2) is 0 Å². The normalized spacial score (nSPS) is 15.7. The van der Waals surface area contributed by atoms with Crippen molar-refractivity contribution in [1.29, 1.82) is 0 Å². The van der Waals surface area contributed by atoms with Gasteiger partial charge in [-0.3, -0.25) is 4.90 Å². The summed E-state index contributed by atoms with van der Waals surface area (Å²) in [4.78, 5) is 2.34. The Bertz CT molecular complexity index is 830. The molecule has 4 heteroatoms. The van der Waals surface area contributed by atoms with Crippen molar-refractivity contribution >= 4 is 0 Å². The maximum Gasteiger partial charge on any atom is 0.123 e. The van der Waals surface area contributed by atoms with Crippen LogP contribution in [-0.2, 0) is 19.5 Å². The summed E-state index contributed by atoms with van der Waals surface area (Å²) in [5.74, 6) is 0.912. The maximum absolute atomic E-state index is 10.7. The number of furan rings is 1. The molecule has 1 unspecified atom stereocenters. The van der Waals surface area contributed by atoms with E-state index in [2.05, 4.69) is 11.0 Å². The van der Waals surface area contributed by atoms with E-state index in [9.17, 15) is 5.11 Å². The molecular formula is C22H23NO3. The zero-order valence-corrected chi connectivity index (χ0v) is 14.7. The largest absolute Gasteiger partial charge is 0.492 e. The number of ether oxygens (including phenoxy) is 1. The molecule has 0 amide bonds. The molecule has 134 valence electrons. The molecule has 1 N–H and O–H groups in total. The minimum atomic E-state index is -0.520. The zero-order valence-electron chi connectivity index (χ0n) is 14.7. The van der Waals surface area contributed by atoms with Crippen molar-refractivity contribution in [3.8, 4) is 5.75 Å². The number of benzene rings is 2. The average molecular weight is 349 g/mol. The highest BCUT2D eigenvalue weighted by Gasteiger charge is 2.18. The Kier molecular flexibility index (Phi) is 5.04. The quantitative estimate of drug-likeness (QED) is 0.758. The van der Waals surface area contributed by atoms with Crippen molar-refractivity contribution in [2.45, 2.75) is 25.6 Å². The molecule has 1 aliphatic heterocycles. The van der Waals surface area contributed by atoms with E-state index < -0.39 is 6.10 Å². The van der Waals surface area contributed by atoms with Gasteiger partial charge in [-0.15, -0.1) is 0 Å². The molecule has 2 heterocycles. The molecule has 0 fully saturated rings. The van der Waals surface area contributed by atoms with Crippen LogP contribution in [0.25, 0.3) is 0 Å². The van der Waals surface area contributed by atoms with Gasteiger partial charge in [-0.2, -0.15) is 0 Å². The van der Waals surface area contributed by atoms with E-state index in [-0.39, 0.29) is 0 Å². The number of hydrogen-bond acceptors (Lipinski definition) is 4. The lowest BCUT2D eigenvalue weighted by atomic mass is 9.99. The van der Waals surface area contributed by atoms with Crippen LogP contribution in [0.3, 0.4) is 0 Å². The number of rotatable bonds is 5. The fourth-order valence-electron chi connectivity index (χ4n) is 3.41. The lowest BCUT2D eigenvalue weighted by Crippen LogP contribution is -2.25. The molecule has 0 saturated carbocycles. The summed E-state index contributed by atoms with van der Waals surface area (Å²) >= 11 is 0. The molecule has 1 aliphatic rings. The van der Waals surface area contributed by atoms with E-state index in [4.69, 9.17) is 9.15 Å². The summed E-state index contributed by atoms with van der Waals surface area (Å²) in [5, 5.41) is 10.7. The predicted octanol–water partition coefficient (Wildman–Crippen LogP) is 3.95. The smallest absolute Gasteiger partial charge is 0.123 e. The van der Waals surface area contributed by atoms with Crippen LogP contribution in [-0.4, -0.2) is 23.2 Å². The van der Waals surface area contributed by atoms with Gasteiger partial charge in [-0.05, 0) is 29.3 Å². The molecule has 3 aromatic rings. The number of nitrogens with zero attached hydrogens (tertiary/aromatic N) is 1. The topological polar surface area (TPSA) is 45.8 Å². The molecule has 4 rings (SSSR count). The Hall–Kier alpha value is -2.56. The number of aliphatic hydroxyl groups excluding tert-OH is 1. The van der Waals surface area contributed by atoms with Crippen molar-refractivity contribution in [2.75, 3.05) is 13.2 Å². The lowest BCUT2D eigenvalue weighted by molar-refractivity contribution is 0.178. The van der Waals surface area contributed by atoms with Crippen molar-refractivity contribution in [2.24, 2.45) is 0 Å². The first kappa shape index (κ1) is 16.9. The molecule has 1 atom stereocenters. The van der Waals surface area contributed by atoms with Crippen molar-refractivity contribution in [3.05, 3.63) is 89.4 Å². The summed E-state index contributed by atoms with van der Waals surface area (Å²) in [7, 11) is 0. The monoisotopic (exact) mass is 349 g/mol. The van der Waals surface area contributed by atoms with Crippen LogP contribution in [0.2, 0.25) is 0 Å². The highest BCUT2D eigenvalue weighted by atomic mass is 16.5. The highest BCUT2D eigenvalue weighted by molar-refractivity contribution is 5.39. The third kappa shape index (κ3) is 3.98. The molecule has 26 heavy (non-hydrogen) atoms. The molecule has 4 nitrogen and oxygen atoms in total. The summed E-state index contributed by atoms with van der Waals surface area (Å²) in [6.45, 7) is 3.15.